The summed E-state index contributed by atoms with van der Waals surface area (Å²) in [7, 11) is 0. The summed E-state index contributed by atoms with van der Waals surface area (Å²) in [5.74, 6) is 0.778. The van der Waals surface area contributed by atoms with E-state index < -0.39 is 6.10 Å². The number of aliphatic imine (C=N–C) groups is 1. The molecule has 0 fully saturated rings. The number of thiophene rings is 1. The molecule has 0 bridgehead atoms. The fourth-order valence-corrected chi connectivity index (χ4v) is 3.36. The quantitative estimate of drug-likeness (QED) is 0.293. The zero-order valence-electron chi connectivity index (χ0n) is 14.2. The average Bonchev–Trinajstić information content (AvgIpc) is 3.01. The van der Waals surface area contributed by atoms with Crippen molar-refractivity contribution < 1.29 is 5.11 Å². The Kier molecular flexibility index (Phi) is 11.1. The topological polar surface area (TPSA) is 56.7 Å². The second-order valence-electron chi connectivity index (χ2n) is 5.36. The molecule has 4 nitrogen and oxygen atoms in total. The monoisotopic (exact) mass is 493 g/mol. The average molecular weight is 494 g/mol. The van der Waals surface area contributed by atoms with Gasteiger partial charge < -0.3 is 15.7 Å². The van der Waals surface area contributed by atoms with Gasteiger partial charge in [-0.3, -0.25) is 4.99 Å². The molecule has 0 radical (unpaired) electrons. The first-order valence-electron chi connectivity index (χ1n) is 8.18. The number of nitrogens with zero attached hydrogens (tertiary/aromatic N) is 1. The van der Waals surface area contributed by atoms with Crippen molar-refractivity contribution in [2.75, 3.05) is 19.6 Å². The van der Waals surface area contributed by atoms with Gasteiger partial charge in [0.05, 0.1) is 10.4 Å². The van der Waals surface area contributed by atoms with E-state index >= 15 is 0 Å². The van der Waals surface area contributed by atoms with Crippen LogP contribution < -0.4 is 10.6 Å². The Bertz CT molecular complexity index is 636. The van der Waals surface area contributed by atoms with Gasteiger partial charge in [0.25, 0.3) is 0 Å². The summed E-state index contributed by atoms with van der Waals surface area (Å²) in [6, 6.07) is 13.7. The second kappa shape index (κ2) is 12.5. The predicted molar refractivity (Wildman–Crippen MR) is 118 cm³/mol. The van der Waals surface area contributed by atoms with Gasteiger partial charge in [0, 0.05) is 24.5 Å². The Morgan fingerprint density at radius 2 is 1.96 bits per heavy atom. The Morgan fingerprint density at radius 1 is 1.20 bits per heavy atom. The highest BCUT2D eigenvalue weighted by Crippen LogP contribution is 2.21. The van der Waals surface area contributed by atoms with Gasteiger partial charge in [-0.15, -0.1) is 35.3 Å². The lowest BCUT2D eigenvalue weighted by Crippen LogP contribution is -2.38. The molecule has 2 rings (SSSR count). The molecule has 0 saturated carbocycles. The van der Waals surface area contributed by atoms with Crippen LogP contribution in [-0.4, -0.2) is 30.7 Å². The number of aliphatic hydroxyl groups is 1. The van der Waals surface area contributed by atoms with Crippen LogP contribution in [0.5, 0.6) is 0 Å². The van der Waals surface area contributed by atoms with Crippen molar-refractivity contribution in [3.8, 4) is 0 Å². The third-order valence-corrected chi connectivity index (χ3v) is 4.78. The summed E-state index contributed by atoms with van der Waals surface area (Å²) in [6.45, 7) is 4.20. The Labute approximate surface area is 175 Å². The van der Waals surface area contributed by atoms with E-state index in [9.17, 15) is 5.11 Å². The number of benzene rings is 1. The molecule has 138 valence electrons. The maximum Gasteiger partial charge on any atom is 0.191 e. The van der Waals surface area contributed by atoms with Crippen LogP contribution in [0.25, 0.3) is 0 Å². The van der Waals surface area contributed by atoms with Crippen LogP contribution in [0.2, 0.25) is 4.34 Å². The number of aliphatic hydroxyl groups excluding tert-OH is 1. The number of guanidine groups is 1. The van der Waals surface area contributed by atoms with E-state index in [0.29, 0.717) is 13.0 Å². The molecule has 25 heavy (non-hydrogen) atoms. The molecule has 1 unspecified atom stereocenters. The molecular formula is C18H25ClIN3OS. The van der Waals surface area contributed by atoms with Crippen LogP contribution in [0, 0.1) is 0 Å². The lowest BCUT2D eigenvalue weighted by Gasteiger charge is -2.12. The van der Waals surface area contributed by atoms with Gasteiger partial charge in [-0.1, -0.05) is 41.9 Å². The van der Waals surface area contributed by atoms with Crippen LogP contribution >= 0.6 is 46.9 Å². The standard InChI is InChI=1S/C18H24ClN3OS.HI/c1-2-20-18(21-12-10-15-8-9-17(19)24-15)22-13-11-16(23)14-6-4-3-5-7-14;/h3-9,16,23H,2,10-13H2,1H3,(H2,20,21,22);1H. The zero-order chi connectivity index (χ0) is 17.2. The number of halogens is 2. The van der Waals surface area contributed by atoms with Gasteiger partial charge in [0.1, 0.15) is 0 Å². The number of nitrogens with one attached hydrogen (secondary N) is 2. The molecule has 2 aromatic rings. The first-order chi connectivity index (χ1) is 11.7. The van der Waals surface area contributed by atoms with Crippen molar-refractivity contribution in [2.24, 2.45) is 4.99 Å². The molecule has 1 aromatic carbocycles. The highest BCUT2D eigenvalue weighted by atomic mass is 127. The van der Waals surface area contributed by atoms with E-state index in [1.165, 1.54) is 4.88 Å². The summed E-state index contributed by atoms with van der Waals surface area (Å²) in [5.41, 5.74) is 0.931. The van der Waals surface area contributed by atoms with Gasteiger partial charge in [-0.05, 0) is 37.5 Å². The predicted octanol–water partition coefficient (Wildman–Crippen LogP) is 4.24. The molecule has 1 heterocycles. The summed E-state index contributed by atoms with van der Waals surface area (Å²) < 4.78 is 0.820. The zero-order valence-corrected chi connectivity index (χ0v) is 18.1. The van der Waals surface area contributed by atoms with Crippen molar-refractivity contribution in [2.45, 2.75) is 25.9 Å². The molecule has 0 aliphatic heterocycles. The molecular weight excluding hydrogens is 469 g/mol. The molecule has 0 amide bonds. The van der Waals surface area contributed by atoms with Crippen molar-refractivity contribution in [1.82, 2.24) is 10.6 Å². The van der Waals surface area contributed by atoms with E-state index in [1.807, 2.05) is 43.3 Å². The number of rotatable bonds is 8. The Hall–Kier alpha value is -0.830. The summed E-state index contributed by atoms with van der Waals surface area (Å²) >= 11 is 7.54. The van der Waals surface area contributed by atoms with E-state index in [1.54, 1.807) is 11.3 Å². The highest BCUT2D eigenvalue weighted by molar-refractivity contribution is 14.0. The molecule has 1 atom stereocenters. The Morgan fingerprint density at radius 3 is 2.60 bits per heavy atom. The van der Waals surface area contributed by atoms with Crippen molar-refractivity contribution in [3.63, 3.8) is 0 Å². The van der Waals surface area contributed by atoms with Gasteiger partial charge in [-0.25, -0.2) is 0 Å². The van der Waals surface area contributed by atoms with Crippen LogP contribution in [0.3, 0.4) is 0 Å². The van der Waals surface area contributed by atoms with E-state index in [-0.39, 0.29) is 24.0 Å². The van der Waals surface area contributed by atoms with E-state index in [0.717, 1.165) is 35.4 Å². The van der Waals surface area contributed by atoms with Crippen molar-refractivity contribution in [1.29, 1.82) is 0 Å². The summed E-state index contributed by atoms with van der Waals surface area (Å²) in [6.07, 6.45) is 1.03. The van der Waals surface area contributed by atoms with Crippen molar-refractivity contribution in [3.05, 3.63) is 57.2 Å². The smallest absolute Gasteiger partial charge is 0.191 e. The summed E-state index contributed by atoms with van der Waals surface area (Å²) in [5, 5.41) is 16.7. The van der Waals surface area contributed by atoms with Crippen LogP contribution in [0.4, 0.5) is 0 Å². The first-order valence-corrected chi connectivity index (χ1v) is 9.38. The first kappa shape index (κ1) is 22.2. The summed E-state index contributed by atoms with van der Waals surface area (Å²) in [4.78, 5) is 5.78. The second-order valence-corrected chi connectivity index (χ2v) is 7.16. The van der Waals surface area contributed by atoms with Gasteiger partial charge in [0.15, 0.2) is 5.96 Å². The van der Waals surface area contributed by atoms with Crippen molar-refractivity contribution >= 4 is 52.9 Å². The van der Waals surface area contributed by atoms with Crippen LogP contribution in [-0.2, 0) is 6.42 Å². The highest BCUT2D eigenvalue weighted by Gasteiger charge is 2.06. The maximum absolute atomic E-state index is 10.2. The number of hydrogen-bond donors (Lipinski definition) is 3. The molecule has 7 heteroatoms. The van der Waals surface area contributed by atoms with Crippen LogP contribution in [0.15, 0.2) is 47.5 Å². The minimum Gasteiger partial charge on any atom is -0.388 e. The van der Waals surface area contributed by atoms with Gasteiger partial charge in [0.2, 0.25) is 0 Å². The molecule has 0 aliphatic rings. The Balaban J connectivity index is 0.00000312. The SMILES string of the molecule is CCNC(=NCCC(O)c1ccccc1)NCCc1ccc(Cl)s1.I. The van der Waals surface area contributed by atoms with Gasteiger partial charge in [-0.2, -0.15) is 0 Å². The normalized spacial score (nSPS) is 12.4. The lowest BCUT2D eigenvalue weighted by atomic mass is 10.1. The molecule has 3 N–H and O–H groups in total. The minimum atomic E-state index is -0.480. The third-order valence-electron chi connectivity index (χ3n) is 3.49. The third kappa shape index (κ3) is 8.40. The fraction of sp³-hybridized carbons (Fsp3) is 0.389. The van der Waals surface area contributed by atoms with E-state index in [2.05, 4.69) is 21.7 Å². The minimum absolute atomic E-state index is 0. The van der Waals surface area contributed by atoms with Gasteiger partial charge >= 0.3 is 0 Å². The van der Waals surface area contributed by atoms with Crippen LogP contribution in [0.1, 0.15) is 29.9 Å². The maximum atomic E-state index is 10.2. The number of hydrogen-bond acceptors (Lipinski definition) is 3. The largest absolute Gasteiger partial charge is 0.388 e. The fourth-order valence-electron chi connectivity index (χ4n) is 2.27. The molecule has 0 spiro atoms. The molecule has 0 aliphatic carbocycles. The lowest BCUT2D eigenvalue weighted by molar-refractivity contribution is 0.170. The molecule has 0 saturated heterocycles. The molecule has 1 aromatic heterocycles. The van der Waals surface area contributed by atoms with E-state index in [4.69, 9.17) is 11.6 Å².